The average Bonchev–Trinajstić information content (AvgIpc) is 2.78. The molecule has 6 nitrogen and oxygen atoms in total. The van der Waals surface area contributed by atoms with Gasteiger partial charge in [-0.3, -0.25) is 10.1 Å². The van der Waals surface area contributed by atoms with Crippen LogP contribution in [0.15, 0.2) is 12.3 Å². The van der Waals surface area contributed by atoms with E-state index in [1.165, 1.54) is 23.6 Å². The van der Waals surface area contributed by atoms with Crippen molar-refractivity contribution in [3.63, 3.8) is 0 Å². The van der Waals surface area contributed by atoms with Crippen molar-refractivity contribution in [1.82, 2.24) is 9.97 Å². The van der Waals surface area contributed by atoms with Crippen molar-refractivity contribution >= 4 is 39.8 Å². The number of hydrogen-bond acceptors (Lipinski definition) is 6. The second kappa shape index (κ2) is 6.17. The Morgan fingerprint density at radius 3 is 2.85 bits per heavy atom. The fourth-order valence-corrected chi connectivity index (χ4v) is 2.77. The highest BCUT2D eigenvalue weighted by Gasteiger charge is 2.13. The smallest absolute Gasteiger partial charge is 0.259 e. The predicted molar refractivity (Wildman–Crippen MR) is 81.2 cm³/mol. The normalized spacial score (nSPS) is 10.4. The molecule has 0 aliphatic carbocycles. The second-order valence-electron chi connectivity index (χ2n) is 4.03. The van der Waals surface area contributed by atoms with Gasteiger partial charge in [-0.05, 0) is 19.4 Å². The Bertz CT molecular complexity index is 643. The molecule has 0 radical (unpaired) electrons. The molecule has 2 aromatic heterocycles. The number of pyridine rings is 1. The first kappa shape index (κ1) is 14.7. The predicted octanol–water partition coefficient (Wildman–Crippen LogP) is 2.60. The number of rotatable bonds is 4. The number of nitrogens with zero attached hydrogens (tertiary/aromatic N) is 2. The van der Waals surface area contributed by atoms with Crippen LogP contribution >= 0.6 is 22.9 Å². The summed E-state index contributed by atoms with van der Waals surface area (Å²) in [5.41, 5.74) is 3.68. The van der Waals surface area contributed by atoms with Crippen molar-refractivity contribution in [2.45, 2.75) is 20.3 Å². The molecule has 0 bridgehead atoms. The van der Waals surface area contributed by atoms with Crippen LogP contribution in [0.25, 0.3) is 0 Å². The maximum atomic E-state index is 12.1. The Hall–Kier alpha value is -1.70. The van der Waals surface area contributed by atoms with Crippen molar-refractivity contribution < 1.29 is 4.79 Å². The van der Waals surface area contributed by atoms with E-state index in [0.29, 0.717) is 16.5 Å². The highest BCUT2D eigenvalue weighted by Crippen LogP contribution is 2.24. The summed E-state index contributed by atoms with van der Waals surface area (Å²) in [5, 5.41) is 3.59. The van der Waals surface area contributed by atoms with Crippen LogP contribution < -0.4 is 16.6 Å². The van der Waals surface area contributed by atoms with Crippen molar-refractivity contribution in [2.75, 3.05) is 10.7 Å². The minimum absolute atomic E-state index is 0.282. The molecule has 0 spiro atoms. The molecule has 0 aliphatic heterocycles. The average molecular weight is 312 g/mol. The molecule has 106 valence electrons. The number of aromatic nitrogens is 2. The largest absolute Gasteiger partial charge is 0.307 e. The number of anilines is 2. The molecule has 8 heteroatoms. The molecule has 0 saturated heterocycles. The van der Waals surface area contributed by atoms with Gasteiger partial charge in [0, 0.05) is 11.1 Å². The van der Waals surface area contributed by atoms with Gasteiger partial charge >= 0.3 is 0 Å². The minimum atomic E-state index is -0.306. The fourth-order valence-electron chi connectivity index (χ4n) is 1.65. The lowest BCUT2D eigenvalue weighted by Crippen LogP contribution is -2.14. The number of nitrogen functional groups attached to an aromatic ring is 1. The number of carbonyl (C=O) groups is 1. The number of hydrazine groups is 1. The van der Waals surface area contributed by atoms with E-state index in [1.54, 1.807) is 0 Å². The first-order valence-electron chi connectivity index (χ1n) is 5.95. The first-order chi connectivity index (χ1) is 9.55. The van der Waals surface area contributed by atoms with E-state index in [1.807, 2.05) is 13.8 Å². The number of nitrogens with one attached hydrogen (secondary N) is 2. The third-order valence-corrected chi connectivity index (χ3v) is 3.90. The van der Waals surface area contributed by atoms with Crippen LogP contribution in [0.2, 0.25) is 5.02 Å². The SMILES string of the molecule is CCc1nc(NC(=O)c2cnc(NN)c(Cl)c2)sc1C. The molecular formula is C12H14ClN5OS. The van der Waals surface area contributed by atoms with Gasteiger partial charge in [0.2, 0.25) is 0 Å². The van der Waals surface area contributed by atoms with E-state index < -0.39 is 0 Å². The van der Waals surface area contributed by atoms with E-state index in [-0.39, 0.29) is 10.9 Å². The zero-order chi connectivity index (χ0) is 14.7. The number of carbonyl (C=O) groups excluding carboxylic acids is 1. The van der Waals surface area contributed by atoms with Crippen molar-refractivity contribution in [3.8, 4) is 0 Å². The molecule has 0 fully saturated rings. The van der Waals surface area contributed by atoms with E-state index in [4.69, 9.17) is 17.4 Å². The van der Waals surface area contributed by atoms with Crippen LogP contribution in [-0.4, -0.2) is 15.9 Å². The first-order valence-corrected chi connectivity index (χ1v) is 7.14. The van der Waals surface area contributed by atoms with Crippen LogP contribution in [0.4, 0.5) is 10.9 Å². The third-order valence-electron chi connectivity index (χ3n) is 2.69. The molecule has 4 N–H and O–H groups in total. The minimum Gasteiger partial charge on any atom is -0.307 e. The van der Waals surface area contributed by atoms with Crippen LogP contribution in [0, 0.1) is 6.92 Å². The fraction of sp³-hybridized carbons (Fsp3) is 0.250. The van der Waals surface area contributed by atoms with Gasteiger partial charge in [0.05, 0.1) is 16.3 Å². The molecule has 0 atom stereocenters. The van der Waals surface area contributed by atoms with Crippen LogP contribution in [-0.2, 0) is 6.42 Å². The standard InChI is InChI=1S/C12H14ClN5OS/c1-3-9-6(2)20-12(16-9)17-11(19)7-4-8(13)10(18-14)15-5-7/h4-5H,3,14H2,1-2H3,(H,15,18)(H,16,17,19). The summed E-state index contributed by atoms with van der Waals surface area (Å²) < 4.78 is 0. The molecule has 2 heterocycles. The molecule has 20 heavy (non-hydrogen) atoms. The van der Waals surface area contributed by atoms with E-state index in [2.05, 4.69) is 20.7 Å². The zero-order valence-corrected chi connectivity index (χ0v) is 12.6. The summed E-state index contributed by atoms with van der Waals surface area (Å²) in [7, 11) is 0. The third kappa shape index (κ3) is 3.06. The maximum Gasteiger partial charge on any atom is 0.259 e. The van der Waals surface area contributed by atoms with Gasteiger partial charge in [-0.15, -0.1) is 11.3 Å². The lowest BCUT2D eigenvalue weighted by atomic mass is 10.2. The van der Waals surface area contributed by atoms with Gasteiger partial charge in [0.1, 0.15) is 0 Å². The van der Waals surface area contributed by atoms with E-state index >= 15 is 0 Å². The number of thiazole rings is 1. The quantitative estimate of drug-likeness (QED) is 0.596. The van der Waals surface area contributed by atoms with Crippen molar-refractivity contribution in [1.29, 1.82) is 0 Å². The Kier molecular flexibility index (Phi) is 4.53. The summed E-state index contributed by atoms with van der Waals surface area (Å²) in [5.74, 6) is 5.24. The van der Waals surface area contributed by atoms with E-state index in [9.17, 15) is 4.79 Å². The van der Waals surface area contributed by atoms with Gasteiger partial charge in [-0.2, -0.15) is 0 Å². The number of amides is 1. The highest BCUT2D eigenvalue weighted by molar-refractivity contribution is 7.15. The number of halogens is 1. The molecular weight excluding hydrogens is 298 g/mol. The molecule has 2 aromatic rings. The molecule has 0 saturated carbocycles. The lowest BCUT2D eigenvalue weighted by Gasteiger charge is -2.05. The maximum absolute atomic E-state index is 12.1. The van der Waals surface area contributed by atoms with E-state index in [0.717, 1.165) is 17.0 Å². The zero-order valence-electron chi connectivity index (χ0n) is 11.0. The summed E-state index contributed by atoms with van der Waals surface area (Å²) in [6, 6.07) is 1.50. The van der Waals surface area contributed by atoms with Gasteiger partial charge < -0.3 is 5.43 Å². The molecule has 0 aliphatic rings. The Morgan fingerprint density at radius 1 is 1.55 bits per heavy atom. The van der Waals surface area contributed by atoms with Crippen LogP contribution in [0.5, 0.6) is 0 Å². The summed E-state index contributed by atoms with van der Waals surface area (Å²) in [6.45, 7) is 4.00. The number of nitrogens with two attached hydrogens (primary N) is 1. The Labute approximate surface area is 125 Å². The number of aryl methyl sites for hydroxylation is 2. The van der Waals surface area contributed by atoms with Crippen molar-refractivity contribution in [2.24, 2.45) is 5.84 Å². The van der Waals surface area contributed by atoms with Crippen LogP contribution in [0.3, 0.4) is 0 Å². The Balaban J connectivity index is 2.17. The second-order valence-corrected chi connectivity index (χ2v) is 5.64. The number of hydrogen-bond donors (Lipinski definition) is 3. The van der Waals surface area contributed by atoms with Gasteiger partial charge in [0.15, 0.2) is 10.9 Å². The highest BCUT2D eigenvalue weighted by atomic mass is 35.5. The molecule has 1 amide bonds. The van der Waals surface area contributed by atoms with Gasteiger partial charge in [-0.1, -0.05) is 18.5 Å². The summed E-state index contributed by atoms with van der Waals surface area (Å²) >= 11 is 7.38. The summed E-state index contributed by atoms with van der Waals surface area (Å²) in [4.78, 5) is 21.5. The van der Waals surface area contributed by atoms with Crippen molar-refractivity contribution in [3.05, 3.63) is 33.4 Å². The lowest BCUT2D eigenvalue weighted by molar-refractivity contribution is 0.102. The van der Waals surface area contributed by atoms with Crippen LogP contribution in [0.1, 0.15) is 27.9 Å². The topological polar surface area (TPSA) is 92.9 Å². The Morgan fingerprint density at radius 2 is 2.30 bits per heavy atom. The summed E-state index contributed by atoms with van der Waals surface area (Å²) in [6.07, 6.45) is 2.24. The van der Waals surface area contributed by atoms with Gasteiger partial charge in [-0.25, -0.2) is 15.8 Å². The molecule has 0 unspecified atom stereocenters. The molecule has 0 aromatic carbocycles. The monoisotopic (exact) mass is 311 g/mol. The van der Waals surface area contributed by atoms with Gasteiger partial charge in [0.25, 0.3) is 5.91 Å². The molecule has 2 rings (SSSR count).